The lowest BCUT2D eigenvalue weighted by atomic mass is 9.90. The van der Waals surface area contributed by atoms with Gasteiger partial charge in [-0.25, -0.2) is 4.21 Å². The van der Waals surface area contributed by atoms with Crippen LogP contribution in [0.4, 0.5) is 0 Å². The second-order valence-corrected chi connectivity index (χ2v) is 5.86. The lowest BCUT2D eigenvalue weighted by Crippen LogP contribution is -2.40. The van der Waals surface area contributed by atoms with E-state index in [1.807, 2.05) is 30.3 Å². The van der Waals surface area contributed by atoms with Crippen molar-refractivity contribution < 1.29 is 18.0 Å². The van der Waals surface area contributed by atoms with E-state index in [4.69, 9.17) is 4.18 Å². The SMILES string of the molecule is O=C1C=CC2C(C=CN2S(=O)OCc2ccccc2)C1=O. The minimum Gasteiger partial charge on any atom is -0.290 e. The standard InChI is InChI=1S/C15H13NO4S/c17-14-7-6-13-12(15(14)18)8-9-16(13)21(19)20-10-11-4-2-1-3-5-11/h1-9,12-13H,10H2. The van der Waals surface area contributed by atoms with Gasteiger partial charge < -0.3 is 0 Å². The predicted molar refractivity (Wildman–Crippen MR) is 76.8 cm³/mol. The number of hydrogen-bond acceptors (Lipinski definition) is 4. The highest BCUT2D eigenvalue weighted by molar-refractivity contribution is 7.77. The molecule has 3 atom stereocenters. The van der Waals surface area contributed by atoms with Gasteiger partial charge in [-0.2, -0.15) is 0 Å². The van der Waals surface area contributed by atoms with Crippen LogP contribution in [0.3, 0.4) is 0 Å². The third-order valence-electron chi connectivity index (χ3n) is 3.43. The Morgan fingerprint density at radius 2 is 1.90 bits per heavy atom. The van der Waals surface area contributed by atoms with E-state index in [2.05, 4.69) is 0 Å². The summed E-state index contributed by atoms with van der Waals surface area (Å²) in [5.74, 6) is -1.55. The van der Waals surface area contributed by atoms with Gasteiger partial charge in [-0.15, -0.1) is 0 Å². The summed E-state index contributed by atoms with van der Waals surface area (Å²) in [5, 5.41) is 0. The number of carbonyl (C=O) groups is 2. The van der Waals surface area contributed by atoms with Gasteiger partial charge in [0.2, 0.25) is 11.6 Å². The van der Waals surface area contributed by atoms with Crippen LogP contribution in [0.2, 0.25) is 0 Å². The molecule has 0 radical (unpaired) electrons. The van der Waals surface area contributed by atoms with Crippen molar-refractivity contribution in [3.63, 3.8) is 0 Å². The Kier molecular flexibility index (Phi) is 3.81. The van der Waals surface area contributed by atoms with Gasteiger partial charge in [0.25, 0.3) is 11.3 Å². The summed E-state index contributed by atoms with van der Waals surface area (Å²) in [6.07, 6.45) is 5.98. The molecule has 0 spiro atoms. The number of Topliss-reactive ketones (excluding diaryl/α,β-unsaturated/α-hetero) is 1. The van der Waals surface area contributed by atoms with Crippen molar-refractivity contribution in [2.45, 2.75) is 12.6 Å². The van der Waals surface area contributed by atoms with Crippen LogP contribution in [0.15, 0.2) is 54.8 Å². The first-order valence-electron chi connectivity index (χ1n) is 6.49. The Bertz CT molecular complexity index is 653. The smallest absolute Gasteiger partial charge is 0.264 e. The van der Waals surface area contributed by atoms with Crippen molar-refractivity contribution in [2.24, 2.45) is 5.92 Å². The summed E-state index contributed by atoms with van der Waals surface area (Å²) in [5.41, 5.74) is 0.913. The number of benzene rings is 1. The topological polar surface area (TPSA) is 63.7 Å². The van der Waals surface area contributed by atoms with Crippen molar-refractivity contribution in [3.05, 3.63) is 60.3 Å². The van der Waals surface area contributed by atoms with Gasteiger partial charge in [-0.3, -0.25) is 18.1 Å². The molecule has 0 amide bonds. The third kappa shape index (κ3) is 2.72. The Morgan fingerprint density at radius 3 is 2.67 bits per heavy atom. The molecule has 5 nitrogen and oxygen atoms in total. The summed E-state index contributed by atoms with van der Waals surface area (Å²) < 4.78 is 19.0. The molecule has 0 aromatic heterocycles. The third-order valence-corrected chi connectivity index (χ3v) is 4.46. The van der Waals surface area contributed by atoms with Crippen LogP contribution >= 0.6 is 0 Å². The van der Waals surface area contributed by atoms with E-state index in [1.54, 1.807) is 18.4 Å². The van der Waals surface area contributed by atoms with Crippen LogP contribution in [0.5, 0.6) is 0 Å². The van der Waals surface area contributed by atoms with E-state index < -0.39 is 34.8 Å². The maximum absolute atomic E-state index is 12.2. The Labute approximate surface area is 124 Å². The van der Waals surface area contributed by atoms with Crippen molar-refractivity contribution in [1.29, 1.82) is 0 Å². The van der Waals surface area contributed by atoms with Gasteiger partial charge >= 0.3 is 0 Å². The van der Waals surface area contributed by atoms with Crippen molar-refractivity contribution >= 4 is 22.8 Å². The number of fused-ring (bicyclic) bond motifs is 1. The molecule has 21 heavy (non-hydrogen) atoms. The number of carbonyl (C=O) groups excluding carboxylic acids is 2. The highest BCUT2D eigenvalue weighted by atomic mass is 32.2. The molecule has 0 bridgehead atoms. The van der Waals surface area contributed by atoms with Gasteiger partial charge in [0.1, 0.15) is 0 Å². The first kappa shape index (κ1) is 13.9. The molecule has 1 heterocycles. The Morgan fingerprint density at radius 1 is 1.14 bits per heavy atom. The van der Waals surface area contributed by atoms with Crippen LogP contribution in [0.25, 0.3) is 0 Å². The minimum atomic E-state index is -1.71. The van der Waals surface area contributed by atoms with Gasteiger partial charge in [-0.05, 0) is 11.6 Å². The molecule has 108 valence electrons. The monoisotopic (exact) mass is 303 g/mol. The first-order chi connectivity index (χ1) is 10.2. The van der Waals surface area contributed by atoms with E-state index in [0.29, 0.717) is 0 Å². The number of allylic oxidation sites excluding steroid dienone is 1. The average molecular weight is 303 g/mol. The highest BCUT2D eigenvalue weighted by Gasteiger charge is 2.40. The van der Waals surface area contributed by atoms with E-state index in [1.165, 1.54) is 10.4 Å². The zero-order valence-electron chi connectivity index (χ0n) is 11.0. The summed E-state index contributed by atoms with van der Waals surface area (Å²) in [6, 6.07) is 8.99. The maximum Gasteiger partial charge on any atom is 0.264 e. The fourth-order valence-electron chi connectivity index (χ4n) is 2.33. The van der Waals surface area contributed by atoms with Crippen molar-refractivity contribution in [3.8, 4) is 0 Å². The number of ketones is 2. The van der Waals surface area contributed by atoms with Crippen LogP contribution in [-0.4, -0.2) is 26.1 Å². The zero-order valence-corrected chi connectivity index (χ0v) is 11.9. The van der Waals surface area contributed by atoms with Gasteiger partial charge in [0.15, 0.2) is 0 Å². The fourth-order valence-corrected chi connectivity index (χ4v) is 3.26. The minimum absolute atomic E-state index is 0.214. The molecule has 0 N–H and O–H groups in total. The average Bonchev–Trinajstić information content (AvgIpc) is 2.94. The maximum atomic E-state index is 12.2. The lowest BCUT2D eigenvalue weighted by molar-refractivity contribution is -0.136. The summed E-state index contributed by atoms with van der Waals surface area (Å²) in [4.78, 5) is 23.1. The molecule has 1 aromatic carbocycles. The molecule has 6 heteroatoms. The van der Waals surface area contributed by atoms with Gasteiger partial charge in [0, 0.05) is 6.20 Å². The molecule has 3 unspecified atom stereocenters. The predicted octanol–water partition coefficient (Wildman–Crippen LogP) is 1.30. The molecular weight excluding hydrogens is 290 g/mol. The molecule has 0 saturated carbocycles. The molecular formula is C15H13NO4S. The molecule has 1 aliphatic carbocycles. The molecule has 1 aliphatic heterocycles. The number of hydrogen-bond donors (Lipinski definition) is 0. The second-order valence-electron chi connectivity index (χ2n) is 4.77. The zero-order chi connectivity index (χ0) is 14.8. The van der Waals surface area contributed by atoms with Gasteiger partial charge in [-0.1, -0.05) is 42.5 Å². The van der Waals surface area contributed by atoms with Crippen LogP contribution in [-0.2, 0) is 31.6 Å². The molecule has 3 rings (SSSR count). The van der Waals surface area contributed by atoms with E-state index in [-0.39, 0.29) is 6.61 Å². The molecule has 0 fully saturated rings. The van der Waals surface area contributed by atoms with Crippen LogP contribution in [0.1, 0.15) is 5.56 Å². The van der Waals surface area contributed by atoms with Crippen molar-refractivity contribution in [1.82, 2.24) is 4.31 Å². The quantitative estimate of drug-likeness (QED) is 0.787. The van der Waals surface area contributed by atoms with E-state index in [0.717, 1.165) is 5.56 Å². The Hall–Kier alpha value is -2.05. The van der Waals surface area contributed by atoms with E-state index in [9.17, 15) is 13.8 Å². The fraction of sp³-hybridized carbons (Fsp3) is 0.200. The van der Waals surface area contributed by atoms with E-state index >= 15 is 0 Å². The summed E-state index contributed by atoms with van der Waals surface area (Å²) in [7, 11) is 0. The Balaban J connectivity index is 1.66. The number of nitrogens with zero attached hydrogens (tertiary/aromatic N) is 1. The van der Waals surface area contributed by atoms with Gasteiger partial charge in [0.05, 0.1) is 18.6 Å². The van der Waals surface area contributed by atoms with Crippen LogP contribution < -0.4 is 0 Å². The summed E-state index contributed by atoms with van der Waals surface area (Å²) in [6.45, 7) is 0.214. The normalized spacial score (nSPS) is 25.2. The van der Waals surface area contributed by atoms with Crippen LogP contribution in [0, 0.1) is 5.92 Å². The summed E-state index contributed by atoms with van der Waals surface area (Å²) >= 11 is -1.71. The number of rotatable bonds is 4. The first-order valence-corrected chi connectivity index (χ1v) is 7.52. The largest absolute Gasteiger partial charge is 0.290 e. The lowest BCUT2D eigenvalue weighted by Gasteiger charge is -2.26. The molecule has 1 aromatic rings. The highest BCUT2D eigenvalue weighted by Crippen LogP contribution is 2.28. The molecule has 0 saturated heterocycles. The molecule has 2 aliphatic rings. The van der Waals surface area contributed by atoms with Crippen molar-refractivity contribution in [2.75, 3.05) is 0 Å². The second kappa shape index (κ2) is 5.75.